The van der Waals surface area contributed by atoms with Crippen molar-refractivity contribution >= 4 is 11.4 Å². The molecule has 0 atom stereocenters. The molecule has 1 aromatic carbocycles. The highest BCUT2D eigenvalue weighted by Gasteiger charge is 2.14. The summed E-state index contributed by atoms with van der Waals surface area (Å²) in [4.78, 5) is 14.4. The summed E-state index contributed by atoms with van der Waals surface area (Å²) in [5.41, 5.74) is 1.45. The summed E-state index contributed by atoms with van der Waals surface area (Å²) < 4.78 is 5.07. The Morgan fingerprint density at radius 2 is 2.05 bits per heavy atom. The lowest BCUT2D eigenvalue weighted by Crippen LogP contribution is -2.03. The SMILES string of the molecule is COc1ccc([N+](=O)[O-])c(NCc2ccncc2)c1. The van der Waals surface area contributed by atoms with Crippen molar-refractivity contribution in [2.45, 2.75) is 6.54 Å². The number of nitrogens with zero attached hydrogens (tertiary/aromatic N) is 2. The molecule has 1 heterocycles. The summed E-state index contributed by atoms with van der Waals surface area (Å²) in [6, 6.07) is 8.29. The second-order valence-corrected chi connectivity index (χ2v) is 3.85. The summed E-state index contributed by atoms with van der Waals surface area (Å²) in [7, 11) is 1.52. The zero-order valence-corrected chi connectivity index (χ0v) is 10.4. The minimum Gasteiger partial charge on any atom is -0.497 e. The average Bonchev–Trinajstić information content (AvgIpc) is 2.45. The van der Waals surface area contributed by atoms with Gasteiger partial charge in [0.1, 0.15) is 11.4 Å². The standard InChI is InChI=1S/C13H13N3O3/c1-19-11-2-3-13(16(17)18)12(8-11)15-9-10-4-6-14-7-5-10/h2-8,15H,9H2,1H3. The molecule has 2 rings (SSSR count). The largest absolute Gasteiger partial charge is 0.497 e. The first kappa shape index (κ1) is 12.8. The maximum atomic E-state index is 10.9. The molecule has 0 aliphatic carbocycles. The predicted octanol–water partition coefficient (Wildman–Crippen LogP) is 2.61. The molecule has 98 valence electrons. The molecule has 0 saturated heterocycles. The molecule has 1 N–H and O–H groups in total. The molecule has 0 bridgehead atoms. The number of rotatable bonds is 5. The van der Waals surface area contributed by atoms with Gasteiger partial charge >= 0.3 is 0 Å². The minimum atomic E-state index is -0.422. The van der Waals surface area contributed by atoms with Crippen molar-refractivity contribution in [3.05, 3.63) is 58.4 Å². The highest BCUT2D eigenvalue weighted by Crippen LogP contribution is 2.29. The van der Waals surface area contributed by atoms with Gasteiger partial charge in [0.05, 0.1) is 12.0 Å². The van der Waals surface area contributed by atoms with Gasteiger partial charge in [-0.05, 0) is 23.8 Å². The van der Waals surface area contributed by atoms with Crippen molar-refractivity contribution in [2.75, 3.05) is 12.4 Å². The molecule has 1 aromatic heterocycles. The minimum absolute atomic E-state index is 0.0230. The van der Waals surface area contributed by atoms with Gasteiger partial charge in [-0.25, -0.2) is 0 Å². The van der Waals surface area contributed by atoms with E-state index in [9.17, 15) is 10.1 Å². The first-order chi connectivity index (χ1) is 9.20. The van der Waals surface area contributed by atoms with E-state index in [2.05, 4.69) is 10.3 Å². The van der Waals surface area contributed by atoms with Crippen LogP contribution in [0.5, 0.6) is 5.75 Å². The molecule has 6 heteroatoms. The zero-order chi connectivity index (χ0) is 13.7. The van der Waals surface area contributed by atoms with Gasteiger partial charge in [-0.2, -0.15) is 0 Å². The molecule has 0 amide bonds. The summed E-state index contributed by atoms with van der Waals surface area (Å²) in [5, 5.41) is 14.0. The maximum Gasteiger partial charge on any atom is 0.292 e. The number of anilines is 1. The number of nitro benzene ring substituents is 1. The zero-order valence-electron chi connectivity index (χ0n) is 10.4. The number of ether oxygens (including phenoxy) is 1. The van der Waals surface area contributed by atoms with E-state index >= 15 is 0 Å². The molecule has 0 aliphatic heterocycles. The van der Waals surface area contributed by atoms with Crippen LogP contribution >= 0.6 is 0 Å². The Balaban J connectivity index is 2.20. The molecule has 0 saturated carbocycles. The average molecular weight is 259 g/mol. The number of nitro groups is 1. The van der Waals surface area contributed by atoms with E-state index in [1.807, 2.05) is 12.1 Å². The smallest absolute Gasteiger partial charge is 0.292 e. The maximum absolute atomic E-state index is 10.9. The molecule has 2 aromatic rings. The molecule has 0 spiro atoms. The van der Waals surface area contributed by atoms with Gasteiger partial charge in [-0.15, -0.1) is 0 Å². The van der Waals surface area contributed by atoms with Crippen molar-refractivity contribution in [1.82, 2.24) is 4.98 Å². The van der Waals surface area contributed by atoms with Crippen LogP contribution in [0.1, 0.15) is 5.56 Å². The summed E-state index contributed by atoms with van der Waals surface area (Å²) in [5.74, 6) is 0.572. The predicted molar refractivity (Wildman–Crippen MR) is 71.2 cm³/mol. The topological polar surface area (TPSA) is 77.3 Å². The first-order valence-electron chi connectivity index (χ1n) is 5.66. The Morgan fingerprint density at radius 1 is 1.32 bits per heavy atom. The number of methoxy groups -OCH3 is 1. The Labute approximate surface area is 110 Å². The first-order valence-corrected chi connectivity index (χ1v) is 5.66. The van der Waals surface area contributed by atoms with Crippen molar-refractivity contribution in [3.63, 3.8) is 0 Å². The van der Waals surface area contributed by atoms with Crippen LogP contribution in [0.3, 0.4) is 0 Å². The van der Waals surface area contributed by atoms with Gasteiger partial charge in [0.15, 0.2) is 0 Å². The third kappa shape index (κ3) is 3.19. The molecule has 0 unspecified atom stereocenters. The van der Waals surface area contributed by atoms with E-state index in [1.165, 1.54) is 13.2 Å². The molecule has 19 heavy (non-hydrogen) atoms. The van der Waals surface area contributed by atoms with Crippen LogP contribution < -0.4 is 10.1 Å². The Morgan fingerprint density at radius 3 is 2.68 bits per heavy atom. The fourth-order valence-corrected chi connectivity index (χ4v) is 1.64. The molecule has 6 nitrogen and oxygen atoms in total. The highest BCUT2D eigenvalue weighted by atomic mass is 16.6. The van der Waals surface area contributed by atoms with Gasteiger partial charge in [0.2, 0.25) is 0 Å². The van der Waals surface area contributed by atoms with Gasteiger partial charge in [0.25, 0.3) is 5.69 Å². The lowest BCUT2D eigenvalue weighted by atomic mass is 10.2. The van der Waals surface area contributed by atoms with Crippen LogP contribution in [0, 0.1) is 10.1 Å². The Bertz CT molecular complexity index is 573. The number of benzene rings is 1. The van der Waals surface area contributed by atoms with Crippen molar-refractivity contribution in [3.8, 4) is 5.75 Å². The normalized spacial score (nSPS) is 9.95. The fraction of sp³-hybridized carbons (Fsp3) is 0.154. The number of hydrogen-bond donors (Lipinski definition) is 1. The number of nitrogens with one attached hydrogen (secondary N) is 1. The second-order valence-electron chi connectivity index (χ2n) is 3.85. The molecule has 0 radical (unpaired) electrons. The second kappa shape index (κ2) is 5.81. The lowest BCUT2D eigenvalue weighted by Gasteiger charge is -2.08. The lowest BCUT2D eigenvalue weighted by molar-refractivity contribution is -0.384. The summed E-state index contributed by atoms with van der Waals surface area (Å²) in [6.07, 6.45) is 3.36. The van der Waals surface area contributed by atoms with E-state index in [0.29, 0.717) is 18.0 Å². The molecular formula is C13H13N3O3. The molecular weight excluding hydrogens is 246 g/mol. The van der Waals surface area contributed by atoms with Crippen LogP contribution in [-0.2, 0) is 6.54 Å². The van der Waals surface area contributed by atoms with E-state index in [-0.39, 0.29) is 5.69 Å². The van der Waals surface area contributed by atoms with Gasteiger partial charge < -0.3 is 10.1 Å². The van der Waals surface area contributed by atoms with E-state index in [0.717, 1.165) is 5.56 Å². The van der Waals surface area contributed by atoms with Crippen LogP contribution in [0.4, 0.5) is 11.4 Å². The van der Waals surface area contributed by atoms with Crippen LogP contribution in [0.15, 0.2) is 42.7 Å². The Hall–Kier alpha value is -2.63. The van der Waals surface area contributed by atoms with Crippen molar-refractivity contribution < 1.29 is 9.66 Å². The fourth-order valence-electron chi connectivity index (χ4n) is 1.64. The van der Waals surface area contributed by atoms with Crippen LogP contribution in [-0.4, -0.2) is 17.0 Å². The molecule has 0 aliphatic rings. The van der Waals surface area contributed by atoms with E-state index in [4.69, 9.17) is 4.74 Å². The van der Waals surface area contributed by atoms with Crippen LogP contribution in [0.2, 0.25) is 0 Å². The number of hydrogen-bond acceptors (Lipinski definition) is 5. The van der Waals surface area contributed by atoms with Gasteiger partial charge in [-0.1, -0.05) is 0 Å². The third-order valence-corrected chi connectivity index (χ3v) is 2.63. The number of pyridine rings is 1. The highest BCUT2D eigenvalue weighted by molar-refractivity contribution is 5.64. The Kier molecular flexibility index (Phi) is 3.92. The van der Waals surface area contributed by atoms with Gasteiger partial charge in [-0.3, -0.25) is 15.1 Å². The molecule has 0 fully saturated rings. The summed E-state index contributed by atoms with van der Waals surface area (Å²) >= 11 is 0. The van der Waals surface area contributed by atoms with Gasteiger partial charge in [0, 0.05) is 31.1 Å². The van der Waals surface area contributed by atoms with E-state index in [1.54, 1.807) is 24.5 Å². The monoisotopic (exact) mass is 259 g/mol. The van der Waals surface area contributed by atoms with Crippen molar-refractivity contribution in [2.24, 2.45) is 0 Å². The number of aromatic nitrogens is 1. The third-order valence-electron chi connectivity index (χ3n) is 2.63. The van der Waals surface area contributed by atoms with Crippen LogP contribution in [0.25, 0.3) is 0 Å². The van der Waals surface area contributed by atoms with E-state index < -0.39 is 4.92 Å². The summed E-state index contributed by atoms with van der Waals surface area (Å²) in [6.45, 7) is 0.483. The van der Waals surface area contributed by atoms with Crippen molar-refractivity contribution in [1.29, 1.82) is 0 Å². The quantitative estimate of drug-likeness (QED) is 0.659.